The van der Waals surface area contributed by atoms with Gasteiger partial charge < -0.3 is 5.32 Å². The van der Waals surface area contributed by atoms with E-state index in [1.165, 1.54) is 0 Å². The highest BCUT2D eigenvalue weighted by Gasteiger charge is 2.43. The Morgan fingerprint density at radius 1 is 1.85 bits per heavy atom. The number of aromatic amines is 1. The van der Waals surface area contributed by atoms with Gasteiger partial charge in [-0.3, -0.25) is 9.89 Å². The van der Waals surface area contributed by atoms with E-state index < -0.39 is 0 Å². The minimum absolute atomic E-state index is 0.0982. The minimum Gasteiger partial charge on any atom is -0.309 e. The van der Waals surface area contributed by atoms with Gasteiger partial charge in [0, 0.05) is 12.3 Å². The highest BCUT2D eigenvalue weighted by Crippen LogP contribution is 2.38. The second-order valence-electron chi connectivity index (χ2n) is 3.03. The third-order valence-electron chi connectivity index (χ3n) is 2.05. The predicted molar refractivity (Wildman–Crippen MR) is 44.4 cm³/mol. The van der Waals surface area contributed by atoms with Crippen molar-refractivity contribution in [1.29, 1.82) is 5.26 Å². The Kier molecular flexibility index (Phi) is 1.74. The number of rotatable bonds is 2. The average Bonchev–Trinajstić information content (AvgIpc) is 2.77. The van der Waals surface area contributed by atoms with Crippen LogP contribution in [0.3, 0.4) is 0 Å². The van der Waals surface area contributed by atoms with Crippen molar-refractivity contribution in [3.8, 4) is 6.07 Å². The van der Waals surface area contributed by atoms with Gasteiger partial charge in [0.15, 0.2) is 5.82 Å². The molecule has 0 bridgehead atoms. The third kappa shape index (κ3) is 1.51. The molecular formula is C8H8N4O. The van der Waals surface area contributed by atoms with Gasteiger partial charge in [0.1, 0.15) is 0 Å². The van der Waals surface area contributed by atoms with Crippen LogP contribution in [0.1, 0.15) is 6.42 Å². The summed E-state index contributed by atoms with van der Waals surface area (Å²) < 4.78 is 0. The molecule has 0 radical (unpaired) electrons. The van der Waals surface area contributed by atoms with Crippen LogP contribution in [-0.2, 0) is 4.79 Å². The molecule has 0 aromatic carbocycles. The van der Waals surface area contributed by atoms with E-state index in [0.29, 0.717) is 12.2 Å². The Hall–Kier alpha value is -1.83. The number of aromatic nitrogens is 2. The van der Waals surface area contributed by atoms with Gasteiger partial charge in [-0.05, 0) is 6.42 Å². The highest BCUT2D eigenvalue weighted by atomic mass is 16.2. The fourth-order valence-electron chi connectivity index (χ4n) is 1.18. The summed E-state index contributed by atoms with van der Waals surface area (Å²) in [7, 11) is 0. The Morgan fingerprint density at radius 3 is 3.23 bits per heavy atom. The van der Waals surface area contributed by atoms with E-state index in [1.807, 2.05) is 0 Å². The molecule has 0 spiro atoms. The number of hydrogen-bond donors (Lipinski definition) is 2. The number of carbonyl (C=O) groups excluding carboxylic acids is 1. The number of carbonyl (C=O) groups is 1. The van der Waals surface area contributed by atoms with E-state index in [1.54, 1.807) is 12.3 Å². The van der Waals surface area contributed by atoms with Crippen LogP contribution in [0.5, 0.6) is 0 Å². The molecular weight excluding hydrogens is 168 g/mol. The molecule has 1 amide bonds. The molecule has 0 aliphatic heterocycles. The largest absolute Gasteiger partial charge is 0.309 e. The van der Waals surface area contributed by atoms with E-state index in [4.69, 9.17) is 5.26 Å². The molecule has 5 heteroatoms. The summed E-state index contributed by atoms with van der Waals surface area (Å²) in [5.74, 6) is 0.160. The normalized spacial score (nSPS) is 24.8. The molecule has 1 fully saturated rings. The maximum Gasteiger partial charge on any atom is 0.230 e. The van der Waals surface area contributed by atoms with Gasteiger partial charge in [0.05, 0.1) is 17.9 Å². The lowest BCUT2D eigenvalue weighted by atomic mass is 10.3. The molecule has 0 saturated heterocycles. The van der Waals surface area contributed by atoms with Crippen molar-refractivity contribution >= 4 is 11.7 Å². The lowest BCUT2D eigenvalue weighted by Gasteiger charge is -1.97. The van der Waals surface area contributed by atoms with Crippen LogP contribution in [0.2, 0.25) is 0 Å². The van der Waals surface area contributed by atoms with Crippen LogP contribution in [0.15, 0.2) is 12.3 Å². The number of H-pyrrole nitrogens is 1. The van der Waals surface area contributed by atoms with Gasteiger partial charge >= 0.3 is 0 Å². The summed E-state index contributed by atoms with van der Waals surface area (Å²) in [5, 5.41) is 17.5. The van der Waals surface area contributed by atoms with E-state index >= 15 is 0 Å². The summed E-state index contributed by atoms with van der Waals surface area (Å²) in [6.07, 6.45) is 2.30. The quantitative estimate of drug-likeness (QED) is 0.688. The first-order valence-corrected chi connectivity index (χ1v) is 4.01. The number of nitriles is 1. The van der Waals surface area contributed by atoms with E-state index in [2.05, 4.69) is 21.6 Å². The molecule has 13 heavy (non-hydrogen) atoms. The fraction of sp³-hybridized carbons (Fsp3) is 0.375. The van der Waals surface area contributed by atoms with E-state index in [9.17, 15) is 4.79 Å². The summed E-state index contributed by atoms with van der Waals surface area (Å²) in [4.78, 5) is 11.3. The molecule has 2 unspecified atom stereocenters. The van der Waals surface area contributed by atoms with Gasteiger partial charge in [-0.2, -0.15) is 10.4 Å². The molecule has 1 saturated carbocycles. The molecule has 5 nitrogen and oxygen atoms in total. The van der Waals surface area contributed by atoms with Crippen LogP contribution < -0.4 is 5.32 Å². The van der Waals surface area contributed by atoms with Crippen molar-refractivity contribution in [1.82, 2.24) is 10.2 Å². The number of amides is 1. The second kappa shape index (κ2) is 2.90. The summed E-state index contributed by atoms with van der Waals surface area (Å²) in [6.45, 7) is 0. The summed E-state index contributed by atoms with van der Waals surface area (Å²) in [6, 6.07) is 3.73. The van der Waals surface area contributed by atoms with Crippen LogP contribution in [0, 0.1) is 23.2 Å². The highest BCUT2D eigenvalue weighted by molar-refractivity contribution is 5.93. The third-order valence-corrected chi connectivity index (χ3v) is 2.05. The van der Waals surface area contributed by atoms with Gasteiger partial charge in [0.2, 0.25) is 5.91 Å². The Morgan fingerprint density at radius 2 is 2.69 bits per heavy atom. The van der Waals surface area contributed by atoms with E-state index in [0.717, 1.165) is 0 Å². The lowest BCUT2D eigenvalue weighted by molar-refractivity contribution is -0.117. The zero-order valence-electron chi connectivity index (χ0n) is 6.82. The van der Waals surface area contributed by atoms with Gasteiger partial charge in [-0.25, -0.2) is 0 Å². The molecule has 2 N–H and O–H groups in total. The SMILES string of the molecule is N#CC1CC1C(=O)Nc1cc[nH]n1. The van der Waals surface area contributed by atoms with Crippen LogP contribution in [0.25, 0.3) is 0 Å². The van der Waals surface area contributed by atoms with E-state index in [-0.39, 0.29) is 17.7 Å². The van der Waals surface area contributed by atoms with Crippen molar-refractivity contribution < 1.29 is 4.79 Å². The Balaban J connectivity index is 1.91. The molecule has 2 rings (SSSR count). The first-order chi connectivity index (χ1) is 6.31. The minimum atomic E-state index is -0.137. The van der Waals surface area contributed by atoms with Crippen LogP contribution >= 0.6 is 0 Å². The Labute approximate surface area is 74.8 Å². The second-order valence-corrected chi connectivity index (χ2v) is 3.03. The fourth-order valence-corrected chi connectivity index (χ4v) is 1.18. The first kappa shape index (κ1) is 7.80. The van der Waals surface area contributed by atoms with Gasteiger partial charge in [-0.15, -0.1) is 0 Å². The molecule has 2 atom stereocenters. The zero-order valence-corrected chi connectivity index (χ0v) is 6.82. The van der Waals surface area contributed by atoms with Gasteiger partial charge in [-0.1, -0.05) is 0 Å². The van der Waals surface area contributed by atoms with Crippen LogP contribution in [-0.4, -0.2) is 16.1 Å². The maximum absolute atomic E-state index is 11.3. The average molecular weight is 176 g/mol. The van der Waals surface area contributed by atoms with Crippen molar-refractivity contribution in [2.45, 2.75) is 6.42 Å². The standard InChI is InChI=1S/C8H8N4O/c9-4-5-3-6(5)8(13)11-7-1-2-10-12-7/h1-2,5-6H,3H2,(H2,10,11,12,13). The molecule has 1 aliphatic carbocycles. The Bertz CT molecular complexity index is 351. The van der Waals surface area contributed by atoms with Crippen molar-refractivity contribution in [3.05, 3.63) is 12.3 Å². The molecule has 1 aliphatic rings. The smallest absolute Gasteiger partial charge is 0.230 e. The predicted octanol–water partition coefficient (Wildman–Crippen LogP) is 0.508. The number of hydrogen-bond acceptors (Lipinski definition) is 3. The molecule has 1 aromatic rings. The monoisotopic (exact) mass is 176 g/mol. The van der Waals surface area contributed by atoms with Crippen LogP contribution in [0.4, 0.5) is 5.82 Å². The number of anilines is 1. The molecule has 66 valence electrons. The number of nitrogens with zero attached hydrogens (tertiary/aromatic N) is 2. The van der Waals surface area contributed by atoms with Crippen molar-refractivity contribution in [3.63, 3.8) is 0 Å². The topological polar surface area (TPSA) is 81.6 Å². The summed E-state index contributed by atoms with van der Waals surface area (Å²) >= 11 is 0. The first-order valence-electron chi connectivity index (χ1n) is 4.01. The molecule has 1 aromatic heterocycles. The van der Waals surface area contributed by atoms with Gasteiger partial charge in [0.25, 0.3) is 0 Å². The molecule has 1 heterocycles. The number of nitrogens with one attached hydrogen (secondary N) is 2. The lowest BCUT2D eigenvalue weighted by Crippen LogP contribution is -2.14. The maximum atomic E-state index is 11.3. The zero-order chi connectivity index (χ0) is 9.26. The van der Waals surface area contributed by atoms with Crippen molar-refractivity contribution in [2.24, 2.45) is 11.8 Å². The summed E-state index contributed by atoms with van der Waals surface area (Å²) in [5.41, 5.74) is 0. The van der Waals surface area contributed by atoms with Crippen molar-refractivity contribution in [2.75, 3.05) is 5.32 Å².